The summed E-state index contributed by atoms with van der Waals surface area (Å²) in [6, 6.07) is 5.69. The van der Waals surface area contributed by atoms with E-state index in [0.717, 1.165) is 24.8 Å². The summed E-state index contributed by atoms with van der Waals surface area (Å²) < 4.78 is 39.9. The number of rotatable bonds is 5. The molecule has 5 heteroatoms. The lowest BCUT2D eigenvalue weighted by atomic mass is 9.76. The fraction of sp³-hybridized carbons (Fsp3) is 0.600. The Balaban J connectivity index is 1.92. The third-order valence-electron chi connectivity index (χ3n) is 3.70. The van der Waals surface area contributed by atoms with Gasteiger partial charge in [0.15, 0.2) is 0 Å². The zero-order valence-corrected chi connectivity index (χ0v) is 11.4. The van der Waals surface area contributed by atoms with Crippen molar-refractivity contribution in [1.82, 2.24) is 0 Å². The first-order valence-electron chi connectivity index (χ1n) is 6.81. The van der Waals surface area contributed by atoms with Crippen molar-refractivity contribution in [2.75, 3.05) is 0 Å². The first kappa shape index (κ1) is 15.2. The molecule has 0 saturated heterocycles. The predicted molar refractivity (Wildman–Crippen MR) is 69.4 cm³/mol. The van der Waals surface area contributed by atoms with Crippen LogP contribution in [0.4, 0.5) is 13.2 Å². The van der Waals surface area contributed by atoms with Gasteiger partial charge in [-0.1, -0.05) is 31.4 Å². The molecular weight excluding hydrogens is 269 g/mol. The van der Waals surface area contributed by atoms with E-state index < -0.39 is 12.0 Å². The zero-order chi connectivity index (χ0) is 14.8. The Morgan fingerprint density at radius 3 is 2.25 bits per heavy atom. The van der Waals surface area contributed by atoms with E-state index in [-0.39, 0.29) is 5.75 Å². The Kier molecular flexibility index (Phi) is 4.28. The molecule has 1 aromatic carbocycles. The maximum absolute atomic E-state index is 12.0. The summed E-state index contributed by atoms with van der Waals surface area (Å²) in [6.07, 6.45) is 0.0636. The van der Waals surface area contributed by atoms with E-state index in [1.54, 1.807) is 19.1 Å². The highest BCUT2D eigenvalue weighted by Gasteiger charge is 2.31. The molecule has 112 valence electrons. The van der Waals surface area contributed by atoms with Gasteiger partial charge in [0, 0.05) is 6.42 Å². The molecule has 1 saturated carbocycles. The maximum Gasteiger partial charge on any atom is 0.573 e. The molecule has 1 unspecified atom stereocenters. The summed E-state index contributed by atoms with van der Waals surface area (Å²) in [6.45, 7) is 1.78. The first-order valence-corrected chi connectivity index (χ1v) is 6.81. The van der Waals surface area contributed by atoms with Crippen LogP contribution in [0.1, 0.15) is 38.2 Å². The van der Waals surface area contributed by atoms with Crippen molar-refractivity contribution in [1.29, 1.82) is 0 Å². The molecule has 0 amide bonds. The van der Waals surface area contributed by atoms with E-state index in [2.05, 4.69) is 4.74 Å². The van der Waals surface area contributed by atoms with Crippen molar-refractivity contribution in [2.24, 2.45) is 5.92 Å². The van der Waals surface area contributed by atoms with Gasteiger partial charge in [0.2, 0.25) is 0 Å². The van der Waals surface area contributed by atoms with Crippen molar-refractivity contribution < 1.29 is 23.0 Å². The van der Waals surface area contributed by atoms with Crippen molar-refractivity contribution in [2.45, 2.75) is 51.0 Å². The summed E-state index contributed by atoms with van der Waals surface area (Å²) in [5.74, 6) is 0.345. The molecular formula is C15H19F3O2. The summed E-state index contributed by atoms with van der Waals surface area (Å²) >= 11 is 0. The van der Waals surface area contributed by atoms with E-state index >= 15 is 0 Å². The van der Waals surface area contributed by atoms with E-state index in [1.165, 1.54) is 18.6 Å². The van der Waals surface area contributed by atoms with Crippen LogP contribution in [-0.4, -0.2) is 17.1 Å². The monoisotopic (exact) mass is 288 g/mol. The molecule has 1 aliphatic carbocycles. The molecule has 1 atom stereocenters. The van der Waals surface area contributed by atoms with Crippen molar-refractivity contribution >= 4 is 0 Å². The molecule has 0 aliphatic heterocycles. The van der Waals surface area contributed by atoms with Gasteiger partial charge in [0.05, 0.1) is 5.60 Å². The zero-order valence-electron chi connectivity index (χ0n) is 11.4. The molecule has 2 rings (SSSR count). The minimum atomic E-state index is -4.67. The van der Waals surface area contributed by atoms with E-state index in [0.29, 0.717) is 12.3 Å². The van der Waals surface area contributed by atoms with Crippen LogP contribution in [0.3, 0.4) is 0 Å². The van der Waals surface area contributed by atoms with Crippen molar-refractivity contribution in [3.05, 3.63) is 29.8 Å². The topological polar surface area (TPSA) is 29.5 Å². The Hall–Kier alpha value is -1.23. The quantitative estimate of drug-likeness (QED) is 0.885. The smallest absolute Gasteiger partial charge is 0.406 e. The minimum Gasteiger partial charge on any atom is -0.406 e. The Bertz CT molecular complexity index is 433. The highest BCUT2D eigenvalue weighted by atomic mass is 19.4. The van der Waals surface area contributed by atoms with Gasteiger partial charge in [0.25, 0.3) is 0 Å². The Labute approximate surface area is 116 Å². The van der Waals surface area contributed by atoms with Gasteiger partial charge in [-0.15, -0.1) is 13.2 Å². The van der Waals surface area contributed by atoms with Crippen LogP contribution in [0.2, 0.25) is 0 Å². The lowest BCUT2D eigenvalue weighted by Crippen LogP contribution is -2.32. The normalized spacial score (nSPS) is 19.2. The van der Waals surface area contributed by atoms with Crippen LogP contribution < -0.4 is 4.74 Å². The van der Waals surface area contributed by atoms with Crippen molar-refractivity contribution in [3.8, 4) is 5.75 Å². The lowest BCUT2D eigenvalue weighted by Gasteiger charge is -2.33. The van der Waals surface area contributed by atoms with Crippen LogP contribution in [0.25, 0.3) is 0 Å². The van der Waals surface area contributed by atoms with E-state index in [9.17, 15) is 18.3 Å². The highest BCUT2D eigenvalue weighted by molar-refractivity contribution is 5.28. The number of hydrogen-bond acceptors (Lipinski definition) is 2. The largest absolute Gasteiger partial charge is 0.573 e. The average Bonchev–Trinajstić information content (AvgIpc) is 2.24. The van der Waals surface area contributed by atoms with E-state index in [1.807, 2.05) is 0 Å². The maximum atomic E-state index is 12.0. The van der Waals surface area contributed by atoms with E-state index in [4.69, 9.17) is 0 Å². The number of ether oxygens (including phenoxy) is 1. The third kappa shape index (κ3) is 4.71. The fourth-order valence-corrected chi connectivity index (χ4v) is 2.64. The highest BCUT2D eigenvalue weighted by Crippen LogP contribution is 2.35. The molecule has 1 N–H and O–H groups in total. The fourth-order valence-electron chi connectivity index (χ4n) is 2.64. The van der Waals surface area contributed by atoms with Gasteiger partial charge in [-0.25, -0.2) is 0 Å². The number of hydrogen-bond donors (Lipinski definition) is 1. The Morgan fingerprint density at radius 1 is 1.20 bits per heavy atom. The van der Waals surface area contributed by atoms with Gasteiger partial charge in [-0.05, 0) is 37.0 Å². The third-order valence-corrected chi connectivity index (χ3v) is 3.70. The van der Waals surface area contributed by atoms with Gasteiger partial charge >= 0.3 is 6.36 Å². The molecule has 0 bridgehead atoms. The molecule has 0 aromatic heterocycles. The summed E-state index contributed by atoms with van der Waals surface area (Å²) in [5, 5.41) is 10.3. The predicted octanol–water partition coefficient (Wildman–Crippen LogP) is 4.07. The SMILES string of the molecule is CC(O)(Cc1ccc(OC(F)(F)F)cc1)CC1CCC1. The van der Waals surface area contributed by atoms with Crippen LogP contribution in [0.15, 0.2) is 24.3 Å². The minimum absolute atomic E-state index is 0.236. The molecule has 2 nitrogen and oxygen atoms in total. The summed E-state index contributed by atoms with van der Waals surface area (Å²) in [4.78, 5) is 0. The van der Waals surface area contributed by atoms with Crippen molar-refractivity contribution in [3.63, 3.8) is 0 Å². The second-order valence-corrected chi connectivity index (χ2v) is 5.87. The number of halogens is 3. The van der Waals surface area contributed by atoms with Crippen LogP contribution >= 0.6 is 0 Å². The van der Waals surface area contributed by atoms with Crippen LogP contribution in [0.5, 0.6) is 5.75 Å². The Morgan fingerprint density at radius 2 is 1.80 bits per heavy atom. The number of alkyl halides is 3. The molecule has 0 spiro atoms. The molecule has 0 radical (unpaired) electrons. The summed E-state index contributed by atoms with van der Waals surface area (Å²) in [7, 11) is 0. The molecule has 20 heavy (non-hydrogen) atoms. The molecule has 0 heterocycles. The van der Waals surface area contributed by atoms with Gasteiger partial charge in [0.1, 0.15) is 5.75 Å². The van der Waals surface area contributed by atoms with Gasteiger partial charge in [-0.3, -0.25) is 0 Å². The molecule has 1 aromatic rings. The van der Waals surface area contributed by atoms with Gasteiger partial charge < -0.3 is 9.84 Å². The average molecular weight is 288 g/mol. The second-order valence-electron chi connectivity index (χ2n) is 5.87. The van der Waals surface area contributed by atoms with Gasteiger partial charge in [-0.2, -0.15) is 0 Å². The lowest BCUT2D eigenvalue weighted by molar-refractivity contribution is -0.274. The van der Waals surface area contributed by atoms with Crippen LogP contribution in [-0.2, 0) is 6.42 Å². The number of benzene rings is 1. The first-order chi connectivity index (χ1) is 9.23. The van der Waals surface area contributed by atoms with Crippen LogP contribution in [0, 0.1) is 5.92 Å². The standard InChI is InChI=1S/C15H19F3O2/c1-14(19,9-11-3-2-4-11)10-12-5-7-13(8-6-12)20-15(16,17)18/h5-8,11,19H,2-4,9-10H2,1H3. The molecule has 1 aliphatic rings. The molecule has 1 fully saturated rings. The summed E-state index contributed by atoms with van der Waals surface area (Å²) in [5.41, 5.74) is 0.00107. The second kappa shape index (κ2) is 5.64. The number of aliphatic hydroxyl groups is 1.